The average Bonchev–Trinajstić information content (AvgIpc) is 2.96. The number of hydrogen-bond donors (Lipinski definition) is 1. The summed E-state index contributed by atoms with van der Waals surface area (Å²) in [4.78, 5) is 16.1. The fraction of sp³-hybridized carbons (Fsp3) is 0.188. The van der Waals surface area contributed by atoms with Gasteiger partial charge in [-0.25, -0.2) is 4.68 Å². The van der Waals surface area contributed by atoms with Crippen molar-refractivity contribution >= 4 is 16.8 Å². The van der Waals surface area contributed by atoms with E-state index in [1.54, 1.807) is 23.1 Å². The van der Waals surface area contributed by atoms with Crippen molar-refractivity contribution in [3.8, 4) is 5.69 Å². The molecule has 0 unspecified atom stereocenters. The van der Waals surface area contributed by atoms with Crippen LogP contribution in [0.1, 0.15) is 23.7 Å². The molecule has 2 aromatic heterocycles. The predicted octanol–water partition coefficient (Wildman–Crippen LogP) is 2.56. The third kappa shape index (κ3) is 2.76. The summed E-state index contributed by atoms with van der Waals surface area (Å²) in [5, 5.41) is 8.30. The van der Waals surface area contributed by atoms with Crippen molar-refractivity contribution in [2.75, 3.05) is 6.54 Å². The summed E-state index contributed by atoms with van der Waals surface area (Å²) in [6, 6.07) is 9.33. The third-order valence-electron chi connectivity index (χ3n) is 3.21. The van der Waals surface area contributed by atoms with Gasteiger partial charge >= 0.3 is 0 Å². The van der Waals surface area contributed by atoms with Gasteiger partial charge in [0.15, 0.2) is 0 Å². The number of nitrogens with one attached hydrogen (secondary N) is 1. The van der Waals surface area contributed by atoms with E-state index >= 15 is 0 Å². The zero-order valence-electron chi connectivity index (χ0n) is 11.8. The van der Waals surface area contributed by atoms with Crippen LogP contribution in [0.5, 0.6) is 0 Å². The molecule has 3 aromatic rings. The fourth-order valence-corrected chi connectivity index (χ4v) is 2.13. The van der Waals surface area contributed by atoms with Gasteiger partial charge in [0.25, 0.3) is 5.91 Å². The molecule has 5 heteroatoms. The highest BCUT2D eigenvalue weighted by Crippen LogP contribution is 2.17. The number of nitrogens with zero attached hydrogens (tertiary/aromatic N) is 3. The van der Waals surface area contributed by atoms with E-state index in [2.05, 4.69) is 15.4 Å². The first-order valence-corrected chi connectivity index (χ1v) is 6.96. The molecule has 0 radical (unpaired) electrons. The van der Waals surface area contributed by atoms with Crippen LogP contribution in [-0.2, 0) is 0 Å². The monoisotopic (exact) mass is 280 g/mol. The number of fused-ring (bicyclic) bond motifs is 1. The van der Waals surface area contributed by atoms with Crippen molar-refractivity contribution in [1.29, 1.82) is 0 Å². The topological polar surface area (TPSA) is 59.8 Å². The molecule has 1 N–H and O–H groups in total. The maximum atomic E-state index is 12.0. The molecule has 3 rings (SSSR count). The molecule has 2 heterocycles. The first kappa shape index (κ1) is 13.3. The Morgan fingerprint density at radius 1 is 1.33 bits per heavy atom. The highest BCUT2D eigenvalue weighted by Gasteiger charge is 2.08. The minimum absolute atomic E-state index is 0.0483. The molecule has 106 valence electrons. The quantitative estimate of drug-likeness (QED) is 0.799. The molecule has 0 fully saturated rings. The van der Waals surface area contributed by atoms with Crippen molar-refractivity contribution in [1.82, 2.24) is 20.1 Å². The van der Waals surface area contributed by atoms with Crippen molar-refractivity contribution in [3.63, 3.8) is 0 Å². The summed E-state index contributed by atoms with van der Waals surface area (Å²) >= 11 is 0. The Bertz CT molecular complexity index is 764. The number of pyridine rings is 1. The summed E-state index contributed by atoms with van der Waals surface area (Å²) in [6.07, 6.45) is 6.31. The Morgan fingerprint density at radius 3 is 3.00 bits per heavy atom. The molecule has 1 amide bonds. The standard InChI is InChI=1S/C16H16N4O/c1-2-7-18-16(21)12-5-6-15-13(9-12)11-20(19-15)14-4-3-8-17-10-14/h3-6,8-11H,2,7H2,1H3,(H,18,21). The van der Waals surface area contributed by atoms with Crippen LogP contribution >= 0.6 is 0 Å². The van der Waals surface area contributed by atoms with Gasteiger partial charge in [-0.3, -0.25) is 9.78 Å². The summed E-state index contributed by atoms with van der Waals surface area (Å²) < 4.78 is 1.77. The van der Waals surface area contributed by atoms with Gasteiger partial charge in [-0.2, -0.15) is 5.10 Å². The van der Waals surface area contributed by atoms with E-state index in [0.717, 1.165) is 23.0 Å². The first-order chi connectivity index (χ1) is 10.3. The Morgan fingerprint density at radius 2 is 2.24 bits per heavy atom. The molecule has 0 aliphatic heterocycles. The second kappa shape index (κ2) is 5.75. The molecule has 1 aromatic carbocycles. The summed E-state index contributed by atoms with van der Waals surface area (Å²) in [7, 11) is 0. The van der Waals surface area contributed by atoms with Crippen molar-refractivity contribution < 1.29 is 4.79 Å². The second-order valence-corrected chi connectivity index (χ2v) is 4.81. The summed E-state index contributed by atoms with van der Waals surface area (Å²) in [5.41, 5.74) is 2.40. The molecule has 0 saturated heterocycles. The number of amides is 1. The summed E-state index contributed by atoms with van der Waals surface area (Å²) in [5.74, 6) is -0.0483. The van der Waals surface area contributed by atoms with Crippen LogP contribution in [0, 0.1) is 0 Å². The van der Waals surface area contributed by atoms with Gasteiger partial charge < -0.3 is 5.32 Å². The fourth-order valence-electron chi connectivity index (χ4n) is 2.13. The first-order valence-electron chi connectivity index (χ1n) is 6.96. The van der Waals surface area contributed by atoms with Gasteiger partial charge in [-0.1, -0.05) is 6.92 Å². The van der Waals surface area contributed by atoms with Gasteiger partial charge in [0.05, 0.1) is 17.4 Å². The zero-order chi connectivity index (χ0) is 14.7. The molecular weight excluding hydrogens is 264 g/mol. The van der Waals surface area contributed by atoms with Crippen LogP contribution in [0.4, 0.5) is 0 Å². The molecule has 0 spiro atoms. The lowest BCUT2D eigenvalue weighted by Crippen LogP contribution is -2.23. The number of aromatic nitrogens is 3. The van der Waals surface area contributed by atoms with Crippen molar-refractivity contribution in [2.45, 2.75) is 13.3 Å². The van der Waals surface area contributed by atoms with Crippen LogP contribution in [0.25, 0.3) is 16.6 Å². The SMILES string of the molecule is CCCNC(=O)c1ccc2nn(-c3cccnc3)cc2c1. The predicted molar refractivity (Wildman–Crippen MR) is 81.5 cm³/mol. The minimum atomic E-state index is -0.0483. The van der Waals surface area contributed by atoms with Crippen molar-refractivity contribution in [3.05, 3.63) is 54.5 Å². The van der Waals surface area contributed by atoms with Gasteiger partial charge in [0, 0.05) is 29.9 Å². The van der Waals surface area contributed by atoms with Crippen LogP contribution < -0.4 is 5.32 Å². The molecule has 0 saturated carbocycles. The molecule has 0 aliphatic carbocycles. The Hall–Kier alpha value is -2.69. The lowest BCUT2D eigenvalue weighted by atomic mass is 10.1. The lowest BCUT2D eigenvalue weighted by molar-refractivity contribution is 0.0954. The van der Waals surface area contributed by atoms with E-state index in [4.69, 9.17) is 0 Å². The number of hydrogen-bond acceptors (Lipinski definition) is 3. The lowest BCUT2D eigenvalue weighted by Gasteiger charge is -2.02. The molecule has 0 atom stereocenters. The zero-order valence-corrected chi connectivity index (χ0v) is 11.8. The van der Waals surface area contributed by atoms with Crippen LogP contribution in [0.3, 0.4) is 0 Å². The van der Waals surface area contributed by atoms with E-state index in [-0.39, 0.29) is 5.91 Å². The molecule has 21 heavy (non-hydrogen) atoms. The van der Waals surface area contributed by atoms with E-state index in [9.17, 15) is 4.79 Å². The second-order valence-electron chi connectivity index (χ2n) is 4.81. The van der Waals surface area contributed by atoms with E-state index in [1.807, 2.05) is 37.4 Å². The molecule has 0 aliphatic rings. The average molecular weight is 280 g/mol. The van der Waals surface area contributed by atoms with Crippen molar-refractivity contribution in [2.24, 2.45) is 0 Å². The maximum Gasteiger partial charge on any atom is 0.251 e. The normalized spacial score (nSPS) is 10.7. The minimum Gasteiger partial charge on any atom is -0.352 e. The smallest absolute Gasteiger partial charge is 0.251 e. The van der Waals surface area contributed by atoms with Gasteiger partial charge in [-0.05, 0) is 36.8 Å². The number of benzene rings is 1. The van der Waals surface area contributed by atoms with Crippen LogP contribution in [0.2, 0.25) is 0 Å². The Kier molecular flexibility index (Phi) is 3.64. The van der Waals surface area contributed by atoms with Gasteiger partial charge in [0.1, 0.15) is 0 Å². The highest BCUT2D eigenvalue weighted by atomic mass is 16.1. The third-order valence-corrected chi connectivity index (χ3v) is 3.21. The van der Waals surface area contributed by atoms with Gasteiger partial charge in [-0.15, -0.1) is 0 Å². The van der Waals surface area contributed by atoms with Gasteiger partial charge in [0.2, 0.25) is 0 Å². The maximum absolute atomic E-state index is 12.0. The van der Waals surface area contributed by atoms with E-state index in [1.165, 1.54) is 0 Å². The summed E-state index contributed by atoms with van der Waals surface area (Å²) in [6.45, 7) is 2.72. The number of carbonyl (C=O) groups excluding carboxylic acids is 1. The van der Waals surface area contributed by atoms with E-state index in [0.29, 0.717) is 12.1 Å². The molecule has 5 nitrogen and oxygen atoms in total. The Balaban J connectivity index is 1.94. The number of rotatable bonds is 4. The van der Waals surface area contributed by atoms with E-state index < -0.39 is 0 Å². The van der Waals surface area contributed by atoms with Crippen LogP contribution in [0.15, 0.2) is 48.9 Å². The largest absolute Gasteiger partial charge is 0.352 e. The molecule has 0 bridgehead atoms. The molecular formula is C16H16N4O. The Labute approximate surface area is 122 Å². The number of carbonyl (C=O) groups is 1. The highest BCUT2D eigenvalue weighted by molar-refractivity contribution is 5.97. The van der Waals surface area contributed by atoms with Crippen LogP contribution in [-0.4, -0.2) is 27.2 Å².